The zero-order valence-electron chi connectivity index (χ0n) is 11.2. The highest BCUT2D eigenvalue weighted by molar-refractivity contribution is 5.78. The monoisotopic (exact) mass is 235 g/mol. The number of ether oxygens (including phenoxy) is 1. The van der Waals surface area contributed by atoms with E-state index in [2.05, 4.69) is 5.32 Å². The summed E-state index contributed by atoms with van der Waals surface area (Å²) in [5.74, 6) is -0.241. The van der Waals surface area contributed by atoms with Crippen LogP contribution in [0.5, 0.6) is 0 Å². The number of carbonyl (C=O) groups is 1. The molecular formula is C14H21NO2. The molecule has 0 saturated heterocycles. The van der Waals surface area contributed by atoms with E-state index in [0.29, 0.717) is 0 Å². The van der Waals surface area contributed by atoms with Gasteiger partial charge in [-0.1, -0.05) is 24.3 Å². The van der Waals surface area contributed by atoms with Crippen LogP contribution in [-0.2, 0) is 9.53 Å². The van der Waals surface area contributed by atoms with Gasteiger partial charge in [0.25, 0.3) is 0 Å². The molecular weight excluding hydrogens is 214 g/mol. The Bertz CT molecular complexity index is 393. The van der Waals surface area contributed by atoms with Gasteiger partial charge in [0.05, 0.1) is 0 Å². The lowest BCUT2D eigenvalue weighted by Gasteiger charge is -2.24. The number of aryl methyl sites for hydroxylation is 1. The normalized spacial score (nSPS) is 13.2. The van der Waals surface area contributed by atoms with E-state index in [4.69, 9.17) is 4.74 Å². The molecule has 1 aromatic carbocycles. The third-order valence-corrected chi connectivity index (χ3v) is 2.43. The zero-order valence-corrected chi connectivity index (χ0v) is 11.2. The van der Waals surface area contributed by atoms with Crippen LogP contribution in [0.3, 0.4) is 0 Å². The van der Waals surface area contributed by atoms with E-state index in [0.717, 1.165) is 11.1 Å². The molecule has 0 aliphatic rings. The highest BCUT2D eigenvalue weighted by Crippen LogP contribution is 2.21. The standard InChI is InChI=1S/C14H21NO2/c1-10-8-6-7-9-11(10)12(15-5)13(16)17-14(2,3)4/h6-9,12,15H,1-5H3. The molecule has 94 valence electrons. The van der Waals surface area contributed by atoms with Gasteiger partial charge in [-0.3, -0.25) is 0 Å². The molecule has 0 spiro atoms. The molecule has 0 aromatic heterocycles. The molecule has 1 N–H and O–H groups in total. The first kappa shape index (κ1) is 13.7. The Morgan fingerprint density at radius 1 is 1.29 bits per heavy atom. The van der Waals surface area contributed by atoms with Crippen molar-refractivity contribution in [3.05, 3.63) is 35.4 Å². The number of benzene rings is 1. The van der Waals surface area contributed by atoms with E-state index in [1.165, 1.54) is 0 Å². The number of esters is 1. The summed E-state index contributed by atoms with van der Waals surface area (Å²) in [6, 6.07) is 7.41. The van der Waals surface area contributed by atoms with Gasteiger partial charge < -0.3 is 10.1 Å². The summed E-state index contributed by atoms with van der Waals surface area (Å²) in [7, 11) is 1.76. The third-order valence-electron chi connectivity index (χ3n) is 2.43. The largest absolute Gasteiger partial charge is 0.459 e. The average Bonchev–Trinajstić information content (AvgIpc) is 2.19. The van der Waals surface area contributed by atoms with Crippen LogP contribution in [0.15, 0.2) is 24.3 Å². The molecule has 0 amide bonds. The SMILES string of the molecule is CNC(C(=O)OC(C)(C)C)c1ccccc1C. The molecule has 1 rings (SSSR count). The van der Waals surface area contributed by atoms with Crippen molar-refractivity contribution in [2.24, 2.45) is 0 Å². The van der Waals surface area contributed by atoms with Gasteiger partial charge in [-0.15, -0.1) is 0 Å². The van der Waals surface area contributed by atoms with Crippen LogP contribution in [0, 0.1) is 6.92 Å². The Balaban J connectivity index is 2.93. The maximum absolute atomic E-state index is 12.1. The van der Waals surface area contributed by atoms with E-state index in [1.54, 1.807) is 7.05 Å². The number of hydrogen-bond acceptors (Lipinski definition) is 3. The topological polar surface area (TPSA) is 38.3 Å². The van der Waals surface area contributed by atoms with Crippen molar-refractivity contribution in [3.63, 3.8) is 0 Å². The van der Waals surface area contributed by atoms with Crippen molar-refractivity contribution in [1.29, 1.82) is 0 Å². The van der Waals surface area contributed by atoms with Crippen LogP contribution in [0.25, 0.3) is 0 Å². The van der Waals surface area contributed by atoms with Crippen LogP contribution in [0.4, 0.5) is 0 Å². The molecule has 0 aliphatic heterocycles. The first-order valence-corrected chi connectivity index (χ1v) is 5.81. The minimum absolute atomic E-state index is 0.241. The molecule has 0 radical (unpaired) electrons. The molecule has 0 fully saturated rings. The molecule has 3 heteroatoms. The highest BCUT2D eigenvalue weighted by Gasteiger charge is 2.25. The van der Waals surface area contributed by atoms with Crippen LogP contribution in [0.1, 0.15) is 37.9 Å². The van der Waals surface area contributed by atoms with E-state index in [1.807, 2.05) is 52.0 Å². The van der Waals surface area contributed by atoms with E-state index in [9.17, 15) is 4.79 Å². The van der Waals surface area contributed by atoms with Crippen molar-refractivity contribution in [2.45, 2.75) is 39.3 Å². The first-order valence-electron chi connectivity index (χ1n) is 5.81. The summed E-state index contributed by atoms with van der Waals surface area (Å²) in [5.41, 5.74) is 1.58. The predicted octanol–water partition coefficient (Wildman–Crippen LogP) is 2.60. The molecule has 0 saturated carbocycles. The van der Waals surface area contributed by atoms with Crippen LogP contribution in [0.2, 0.25) is 0 Å². The zero-order chi connectivity index (χ0) is 13.1. The van der Waals surface area contributed by atoms with Crippen molar-refractivity contribution >= 4 is 5.97 Å². The van der Waals surface area contributed by atoms with Crippen molar-refractivity contribution in [3.8, 4) is 0 Å². The molecule has 17 heavy (non-hydrogen) atoms. The summed E-state index contributed by atoms with van der Waals surface area (Å²) >= 11 is 0. The lowest BCUT2D eigenvalue weighted by molar-refractivity contribution is -0.157. The Morgan fingerprint density at radius 3 is 2.35 bits per heavy atom. The number of hydrogen-bond donors (Lipinski definition) is 1. The van der Waals surface area contributed by atoms with Gasteiger partial charge in [-0.2, -0.15) is 0 Å². The fourth-order valence-electron chi connectivity index (χ4n) is 1.67. The Morgan fingerprint density at radius 2 is 1.88 bits per heavy atom. The third kappa shape index (κ3) is 3.86. The van der Waals surface area contributed by atoms with E-state index >= 15 is 0 Å². The minimum atomic E-state index is -0.463. The van der Waals surface area contributed by atoms with Crippen molar-refractivity contribution in [2.75, 3.05) is 7.05 Å². The molecule has 0 bridgehead atoms. The minimum Gasteiger partial charge on any atom is -0.459 e. The second-order valence-electron chi connectivity index (χ2n) is 5.11. The molecule has 0 aliphatic carbocycles. The van der Waals surface area contributed by atoms with Gasteiger partial charge in [-0.05, 0) is 45.9 Å². The van der Waals surface area contributed by atoms with Gasteiger partial charge in [0, 0.05) is 0 Å². The summed E-state index contributed by atoms with van der Waals surface area (Å²) in [4.78, 5) is 12.1. The van der Waals surface area contributed by atoms with Gasteiger partial charge >= 0.3 is 5.97 Å². The van der Waals surface area contributed by atoms with Crippen LogP contribution >= 0.6 is 0 Å². The van der Waals surface area contributed by atoms with E-state index < -0.39 is 11.6 Å². The molecule has 1 unspecified atom stereocenters. The fourth-order valence-corrected chi connectivity index (χ4v) is 1.67. The van der Waals surface area contributed by atoms with Crippen LogP contribution in [-0.4, -0.2) is 18.6 Å². The molecule has 3 nitrogen and oxygen atoms in total. The number of likely N-dealkylation sites (N-methyl/N-ethyl adjacent to an activating group) is 1. The van der Waals surface area contributed by atoms with E-state index in [-0.39, 0.29) is 5.97 Å². The van der Waals surface area contributed by atoms with Gasteiger partial charge in [0.15, 0.2) is 0 Å². The molecule has 1 aromatic rings. The smallest absolute Gasteiger partial charge is 0.328 e. The lowest BCUT2D eigenvalue weighted by Crippen LogP contribution is -2.33. The summed E-state index contributed by atoms with van der Waals surface area (Å²) in [6.45, 7) is 7.60. The number of carbonyl (C=O) groups excluding carboxylic acids is 1. The van der Waals surface area contributed by atoms with Gasteiger partial charge in [0.2, 0.25) is 0 Å². The number of rotatable bonds is 3. The predicted molar refractivity (Wildman–Crippen MR) is 68.8 cm³/mol. The quantitative estimate of drug-likeness (QED) is 0.818. The second kappa shape index (κ2) is 5.32. The second-order valence-corrected chi connectivity index (χ2v) is 5.11. The first-order chi connectivity index (χ1) is 7.85. The van der Waals surface area contributed by atoms with Gasteiger partial charge in [-0.25, -0.2) is 4.79 Å². The fraction of sp³-hybridized carbons (Fsp3) is 0.500. The van der Waals surface area contributed by atoms with Crippen LogP contribution < -0.4 is 5.32 Å². The Labute approximate surface area is 103 Å². The molecule has 0 heterocycles. The van der Waals surface area contributed by atoms with Gasteiger partial charge in [0.1, 0.15) is 11.6 Å². The number of nitrogens with one attached hydrogen (secondary N) is 1. The summed E-state index contributed by atoms with van der Waals surface area (Å²) < 4.78 is 5.40. The average molecular weight is 235 g/mol. The highest BCUT2D eigenvalue weighted by atomic mass is 16.6. The summed E-state index contributed by atoms with van der Waals surface area (Å²) in [6.07, 6.45) is 0. The maximum Gasteiger partial charge on any atom is 0.328 e. The van der Waals surface area contributed by atoms with Crippen molar-refractivity contribution < 1.29 is 9.53 Å². The maximum atomic E-state index is 12.1. The Kier molecular flexibility index (Phi) is 4.29. The molecule has 1 atom stereocenters. The lowest BCUT2D eigenvalue weighted by atomic mass is 10.0. The Hall–Kier alpha value is -1.35. The van der Waals surface area contributed by atoms with Crippen molar-refractivity contribution in [1.82, 2.24) is 5.32 Å². The summed E-state index contributed by atoms with van der Waals surface area (Å²) in [5, 5.41) is 3.01.